The molecule has 2 fully saturated rings. The molecule has 5 heterocycles. The minimum atomic E-state index is -0.778. The van der Waals surface area contributed by atoms with Crippen LogP contribution in [0.4, 0.5) is 20.3 Å². The van der Waals surface area contributed by atoms with Crippen LogP contribution in [0.3, 0.4) is 0 Å². The molecule has 3 N–H and O–H groups in total. The van der Waals surface area contributed by atoms with Crippen molar-refractivity contribution in [2.24, 2.45) is 4.99 Å². The topological polar surface area (TPSA) is 136 Å². The van der Waals surface area contributed by atoms with Gasteiger partial charge < -0.3 is 30.3 Å². The van der Waals surface area contributed by atoms with Crippen LogP contribution in [0.2, 0.25) is 0 Å². The van der Waals surface area contributed by atoms with Gasteiger partial charge in [-0.2, -0.15) is 5.10 Å². The van der Waals surface area contributed by atoms with Gasteiger partial charge in [-0.05, 0) is 60.7 Å². The molecule has 0 saturated carbocycles. The number of hydrogen-bond donors (Lipinski definition) is 2. The number of anilines is 2. The van der Waals surface area contributed by atoms with E-state index < -0.39 is 17.7 Å². The number of rotatable bonds is 5. The Morgan fingerprint density at radius 3 is 2.58 bits per heavy atom. The molecular formula is C42H50ClF2N9O3. The van der Waals surface area contributed by atoms with Crippen LogP contribution in [0.5, 0.6) is 5.75 Å². The Bertz CT molecular complexity index is 2150. The molecule has 5 aromatic rings. The first-order valence-corrected chi connectivity index (χ1v) is 20.0. The first kappa shape index (κ1) is 41.5. The number of ether oxygens (including phenoxy) is 2. The summed E-state index contributed by atoms with van der Waals surface area (Å²) in [5.41, 5.74) is 11.2. The normalized spacial score (nSPS) is 19.1. The van der Waals surface area contributed by atoms with E-state index in [9.17, 15) is 13.6 Å². The lowest BCUT2D eigenvalue weighted by Gasteiger charge is -2.31. The molecule has 4 bridgehead atoms. The molecule has 302 valence electrons. The van der Waals surface area contributed by atoms with Gasteiger partial charge in [0.1, 0.15) is 41.5 Å². The first-order valence-electron chi connectivity index (χ1n) is 19.5. The molecule has 8 rings (SSSR count). The fraction of sp³-hybridized carbons (Fsp3) is 0.405. The van der Waals surface area contributed by atoms with Gasteiger partial charge in [0, 0.05) is 68.6 Å². The minimum absolute atomic E-state index is 0.0446. The number of aromatic nitrogens is 4. The third-order valence-electron chi connectivity index (χ3n) is 9.97. The Balaban J connectivity index is 0.000000621. The number of morpholine rings is 1. The van der Waals surface area contributed by atoms with Gasteiger partial charge in [-0.3, -0.25) is 9.79 Å². The Morgan fingerprint density at radius 2 is 1.86 bits per heavy atom. The monoisotopic (exact) mass is 801 g/mol. The van der Waals surface area contributed by atoms with Crippen LogP contribution in [0, 0.1) is 11.6 Å². The van der Waals surface area contributed by atoms with Gasteiger partial charge in [0.15, 0.2) is 11.5 Å². The Labute approximate surface area is 337 Å². The standard InChI is InChI=1S/C36H35ClF2N8O2.C4H9NO.C2H6/c1-41-30-10-4-14-45(15-5-13-37)36(48)32-18-25(49-24-7-2-6-22(16-24)26-8-3-9-29(40)33(26)30)20-46(32)34-27-19-44-47(35(27)43-21-42-34)31-12-11-23(38)17-28(31)39;1-3-6-4-2-5-1;1-2/h2-3,6-9,11-12,16-17,19,21,25,32H,4-5,10,13-15,18,20,40H2,1H3;5H,1-4H2;1-2H3. The Morgan fingerprint density at radius 1 is 1.05 bits per heavy atom. The summed E-state index contributed by atoms with van der Waals surface area (Å²) in [7, 11) is 1.77. The van der Waals surface area contributed by atoms with E-state index in [-0.39, 0.29) is 17.7 Å². The summed E-state index contributed by atoms with van der Waals surface area (Å²) in [5, 5.41) is 8.07. The zero-order valence-electron chi connectivity index (χ0n) is 32.6. The SMILES string of the molecule is C1COCCN1.CC.CN=C1CCCN(CCCCl)C(=O)C2CC(CN2c2ncnc3c2cnn3-c2ccc(F)cc2F)Oc2cccc(c2)-c2cccc(N)c21. The molecule has 2 atom stereocenters. The highest BCUT2D eigenvalue weighted by Crippen LogP contribution is 2.36. The second-order valence-corrected chi connectivity index (χ2v) is 13.9. The molecule has 2 unspecified atom stereocenters. The van der Waals surface area contributed by atoms with E-state index in [0.717, 1.165) is 60.8 Å². The van der Waals surface area contributed by atoms with Crippen LogP contribution in [0.1, 0.15) is 45.1 Å². The maximum absolute atomic E-state index is 14.8. The fourth-order valence-electron chi connectivity index (χ4n) is 7.40. The molecule has 3 aliphatic rings. The lowest BCUT2D eigenvalue weighted by Crippen LogP contribution is -2.47. The Kier molecular flexibility index (Phi) is 14.4. The first-order chi connectivity index (χ1) is 27.9. The lowest BCUT2D eigenvalue weighted by atomic mass is 9.93. The smallest absolute Gasteiger partial charge is 0.245 e. The maximum Gasteiger partial charge on any atom is 0.245 e. The van der Waals surface area contributed by atoms with E-state index in [2.05, 4.69) is 25.4 Å². The average Bonchev–Trinajstić information content (AvgIpc) is 3.87. The highest BCUT2D eigenvalue weighted by molar-refractivity contribution is 6.17. The van der Waals surface area contributed by atoms with Crippen LogP contribution in [-0.2, 0) is 9.53 Å². The number of nitrogens with one attached hydrogen (secondary N) is 1. The van der Waals surface area contributed by atoms with Gasteiger partial charge in [0.05, 0.1) is 31.3 Å². The van der Waals surface area contributed by atoms with Crippen molar-refractivity contribution in [3.63, 3.8) is 0 Å². The molecule has 15 heteroatoms. The van der Waals surface area contributed by atoms with E-state index in [1.807, 2.05) is 66.1 Å². The molecule has 3 aromatic carbocycles. The summed E-state index contributed by atoms with van der Waals surface area (Å²) in [6.07, 6.45) is 4.84. The van der Waals surface area contributed by atoms with E-state index in [1.165, 1.54) is 17.1 Å². The van der Waals surface area contributed by atoms with Crippen LogP contribution in [-0.4, -0.2) is 107 Å². The number of aliphatic imine (C=N–C) groups is 1. The number of nitrogens with zero attached hydrogens (tertiary/aromatic N) is 7. The van der Waals surface area contributed by atoms with Gasteiger partial charge >= 0.3 is 0 Å². The number of carbonyl (C=O) groups is 1. The van der Waals surface area contributed by atoms with Crippen molar-refractivity contribution in [3.8, 4) is 22.6 Å². The van der Waals surface area contributed by atoms with Gasteiger partial charge in [-0.25, -0.2) is 23.4 Å². The predicted octanol–water partition coefficient (Wildman–Crippen LogP) is 6.67. The second kappa shape index (κ2) is 19.8. The molecular weight excluding hydrogens is 752 g/mol. The van der Waals surface area contributed by atoms with Crippen LogP contribution in [0.25, 0.3) is 27.8 Å². The predicted molar refractivity (Wildman–Crippen MR) is 222 cm³/mol. The molecule has 12 nitrogen and oxygen atoms in total. The number of alkyl halides is 1. The zero-order chi connectivity index (χ0) is 40.3. The largest absolute Gasteiger partial charge is 0.488 e. The molecule has 0 radical (unpaired) electrons. The molecule has 0 aliphatic carbocycles. The molecule has 1 amide bonds. The van der Waals surface area contributed by atoms with E-state index in [0.29, 0.717) is 79.5 Å². The number of amides is 1. The van der Waals surface area contributed by atoms with Crippen molar-refractivity contribution in [3.05, 3.63) is 90.4 Å². The molecule has 3 aliphatic heterocycles. The third-order valence-corrected chi connectivity index (χ3v) is 10.2. The van der Waals surface area contributed by atoms with Gasteiger partial charge in [0.2, 0.25) is 5.91 Å². The summed E-state index contributed by atoms with van der Waals surface area (Å²) in [6.45, 7) is 9.15. The van der Waals surface area contributed by atoms with Crippen molar-refractivity contribution in [2.75, 3.05) is 69.5 Å². The van der Waals surface area contributed by atoms with Crippen molar-refractivity contribution in [2.45, 2.75) is 51.7 Å². The van der Waals surface area contributed by atoms with Crippen LogP contribution < -0.4 is 20.7 Å². The number of halogens is 3. The number of hydrogen-bond acceptors (Lipinski definition) is 10. The van der Waals surface area contributed by atoms with Crippen molar-refractivity contribution in [1.82, 2.24) is 30.0 Å². The number of nitrogens with two attached hydrogens (primary N) is 1. The average molecular weight is 802 g/mol. The second-order valence-electron chi connectivity index (χ2n) is 13.5. The highest BCUT2D eigenvalue weighted by atomic mass is 35.5. The van der Waals surface area contributed by atoms with Crippen molar-refractivity contribution < 1.29 is 23.0 Å². The zero-order valence-corrected chi connectivity index (χ0v) is 33.4. The third kappa shape index (κ3) is 9.52. The highest BCUT2D eigenvalue weighted by Gasteiger charge is 2.42. The van der Waals surface area contributed by atoms with Crippen molar-refractivity contribution >= 4 is 45.8 Å². The van der Waals surface area contributed by atoms with Gasteiger partial charge in [-0.15, -0.1) is 11.6 Å². The number of nitrogen functional groups attached to an aromatic ring is 1. The Hall–Kier alpha value is -5.18. The number of benzene rings is 3. The number of carbonyl (C=O) groups excluding carboxylic acids is 1. The lowest BCUT2D eigenvalue weighted by molar-refractivity contribution is -0.132. The van der Waals surface area contributed by atoms with Gasteiger partial charge in [-0.1, -0.05) is 38.1 Å². The van der Waals surface area contributed by atoms with Crippen LogP contribution in [0.15, 0.2) is 78.2 Å². The van der Waals surface area contributed by atoms with Crippen LogP contribution >= 0.6 is 11.6 Å². The maximum atomic E-state index is 14.8. The number of fused-ring (bicyclic) bond motifs is 7. The summed E-state index contributed by atoms with van der Waals surface area (Å²) < 4.78 is 41.4. The summed E-state index contributed by atoms with van der Waals surface area (Å²) in [5.74, 6) is -0.00517. The molecule has 2 saturated heterocycles. The van der Waals surface area contributed by atoms with E-state index >= 15 is 0 Å². The molecule has 57 heavy (non-hydrogen) atoms. The molecule has 0 spiro atoms. The summed E-state index contributed by atoms with van der Waals surface area (Å²) in [6, 6.07) is 16.4. The molecule has 2 aromatic heterocycles. The van der Waals surface area contributed by atoms with E-state index in [1.54, 1.807) is 13.2 Å². The van der Waals surface area contributed by atoms with Crippen molar-refractivity contribution in [1.29, 1.82) is 0 Å². The minimum Gasteiger partial charge on any atom is -0.488 e. The summed E-state index contributed by atoms with van der Waals surface area (Å²) >= 11 is 6.12. The quantitative estimate of drug-likeness (QED) is 0.148. The van der Waals surface area contributed by atoms with E-state index in [4.69, 9.17) is 26.8 Å². The summed E-state index contributed by atoms with van der Waals surface area (Å²) in [4.78, 5) is 32.0. The van der Waals surface area contributed by atoms with Gasteiger partial charge in [0.25, 0.3) is 0 Å². The fourth-order valence-corrected chi connectivity index (χ4v) is 7.52.